The Morgan fingerprint density at radius 3 is 2.50 bits per heavy atom. The second-order valence-corrected chi connectivity index (χ2v) is 4.95. The fourth-order valence-corrected chi connectivity index (χ4v) is 2.48. The second kappa shape index (κ2) is 6.70. The van der Waals surface area contributed by atoms with Crippen LogP contribution in [0.3, 0.4) is 0 Å². The van der Waals surface area contributed by atoms with Gasteiger partial charge in [0.2, 0.25) is 5.91 Å². The molecule has 1 aliphatic carbocycles. The summed E-state index contributed by atoms with van der Waals surface area (Å²) in [4.78, 5) is 23.0. The Kier molecular flexibility index (Phi) is 5.55. The highest BCUT2D eigenvalue weighted by molar-refractivity contribution is 5.85. The van der Waals surface area contributed by atoms with Crippen LogP contribution in [0, 0.1) is 11.8 Å². The standard InChI is InChI=1S/C12H22N2O4/c1-7(15)10(12(17)18)14-11(16)9-5-3-2-4-8(9)6-13/h7-10,15H,2-6,13H2,1H3,(H,14,16)(H,17,18)/t7-,8?,9?,10+/m1/s1. The van der Waals surface area contributed by atoms with E-state index in [1.807, 2.05) is 0 Å². The number of carboxylic acids is 1. The van der Waals surface area contributed by atoms with Crippen LogP contribution in [-0.2, 0) is 9.59 Å². The topological polar surface area (TPSA) is 113 Å². The van der Waals surface area contributed by atoms with E-state index in [0.29, 0.717) is 6.54 Å². The summed E-state index contributed by atoms with van der Waals surface area (Å²) in [6, 6.07) is -1.25. The van der Waals surface area contributed by atoms with Crippen molar-refractivity contribution in [1.82, 2.24) is 5.32 Å². The van der Waals surface area contributed by atoms with Crippen LogP contribution in [0.25, 0.3) is 0 Å². The molecule has 0 heterocycles. The summed E-state index contributed by atoms with van der Waals surface area (Å²) in [6.45, 7) is 1.78. The van der Waals surface area contributed by atoms with Crippen molar-refractivity contribution < 1.29 is 19.8 Å². The summed E-state index contributed by atoms with van der Waals surface area (Å²) in [5.41, 5.74) is 5.64. The van der Waals surface area contributed by atoms with Crippen LogP contribution >= 0.6 is 0 Å². The van der Waals surface area contributed by atoms with Gasteiger partial charge < -0.3 is 21.3 Å². The van der Waals surface area contributed by atoms with Crippen LogP contribution in [0.15, 0.2) is 0 Å². The van der Waals surface area contributed by atoms with Crippen molar-refractivity contribution in [2.75, 3.05) is 6.54 Å². The van der Waals surface area contributed by atoms with Gasteiger partial charge in [-0.25, -0.2) is 4.79 Å². The van der Waals surface area contributed by atoms with Gasteiger partial charge in [0.25, 0.3) is 0 Å². The molecule has 5 N–H and O–H groups in total. The van der Waals surface area contributed by atoms with Gasteiger partial charge in [0.1, 0.15) is 0 Å². The van der Waals surface area contributed by atoms with Crippen molar-refractivity contribution in [1.29, 1.82) is 0 Å². The lowest BCUT2D eigenvalue weighted by atomic mass is 9.78. The first-order valence-corrected chi connectivity index (χ1v) is 6.38. The molecular formula is C12H22N2O4. The van der Waals surface area contributed by atoms with Crippen molar-refractivity contribution in [2.45, 2.75) is 44.8 Å². The lowest BCUT2D eigenvalue weighted by molar-refractivity contribution is -0.146. The molecule has 4 atom stereocenters. The molecule has 0 aliphatic heterocycles. The molecule has 1 fully saturated rings. The summed E-state index contributed by atoms with van der Waals surface area (Å²) in [6.07, 6.45) is 2.54. The van der Waals surface area contributed by atoms with Crippen molar-refractivity contribution in [3.63, 3.8) is 0 Å². The zero-order valence-electron chi connectivity index (χ0n) is 10.6. The van der Waals surface area contributed by atoms with Crippen LogP contribution in [-0.4, -0.2) is 40.8 Å². The number of aliphatic hydroxyl groups is 1. The van der Waals surface area contributed by atoms with Gasteiger partial charge in [-0.05, 0) is 32.2 Å². The maximum absolute atomic E-state index is 12.0. The Balaban J connectivity index is 2.64. The molecule has 1 saturated carbocycles. The third kappa shape index (κ3) is 3.68. The van der Waals surface area contributed by atoms with Crippen molar-refractivity contribution >= 4 is 11.9 Å². The molecule has 0 aromatic carbocycles. The Hall–Kier alpha value is -1.14. The van der Waals surface area contributed by atoms with Gasteiger partial charge in [0.15, 0.2) is 6.04 Å². The van der Waals surface area contributed by atoms with Crippen LogP contribution < -0.4 is 11.1 Å². The molecule has 1 rings (SSSR count). The zero-order chi connectivity index (χ0) is 13.7. The molecule has 0 aromatic rings. The number of nitrogens with two attached hydrogens (primary N) is 1. The minimum absolute atomic E-state index is 0.113. The van der Waals surface area contributed by atoms with E-state index >= 15 is 0 Å². The Labute approximate surface area is 107 Å². The molecule has 0 aromatic heterocycles. The average Bonchev–Trinajstić information content (AvgIpc) is 2.34. The fraction of sp³-hybridized carbons (Fsp3) is 0.833. The number of carbonyl (C=O) groups is 2. The number of carboxylic acid groups (broad SMARTS) is 1. The second-order valence-electron chi connectivity index (χ2n) is 4.95. The molecule has 0 radical (unpaired) electrons. The molecule has 104 valence electrons. The van der Waals surface area contributed by atoms with Gasteiger partial charge in [-0.15, -0.1) is 0 Å². The molecule has 2 unspecified atom stereocenters. The SMILES string of the molecule is C[C@@H](O)[C@H](NC(=O)C1CCCCC1CN)C(=O)O. The maximum atomic E-state index is 12.0. The van der Waals surface area contributed by atoms with Crippen LogP contribution in [0.1, 0.15) is 32.6 Å². The summed E-state index contributed by atoms with van der Waals surface area (Å²) in [5.74, 6) is -1.65. The van der Waals surface area contributed by atoms with Crippen molar-refractivity contribution in [3.8, 4) is 0 Å². The van der Waals surface area contributed by atoms with Gasteiger partial charge >= 0.3 is 5.97 Å². The maximum Gasteiger partial charge on any atom is 0.328 e. The summed E-state index contributed by atoms with van der Waals surface area (Å²) in [7, 11) is 0. The molecule has 6 heteroatoms. The number of nitrogens with one attached hydrogen (secondary N) is 1. The molecule has 0 saturated heterocycles. The summed E-state index contributed by atoms with van der Waals surface area (Å²) >= 11 is 0. The van der Waals surface area contributed by atoms with Crippen LogP contribution in [0.5, 0.6) is 0 Å². The van der Waals surface area contributed by atoms with E-state index in [1.54, 1.807) is 0 Å². The number of aliphatic hydroxyl groups excluding tert-OH is 1. The predicted molar refractivity (Wildman–Crippen MR) is 65.7 cm³/mol. The number of carbonyl (C=O) groups excluding carboxylic acids is 1. The number of hydrogen-bond donors (Lipinski definition) is 4. The Morgan fingerprint density at radius 1 is 1.39 bits per heavy atom. The summed E-state index contributed by atoms with van der Waals surface area (Å²) in [5, 5.41) is 20.7. The zero-order valence-corrected chi connectivity index (χ0v) is 10.6. The van der Waals surface area contributed by atoms with Crippen LogP contribution in [0.2, 0.25) is 0 Å². The Morgan fingerprint density at radius 2 is 2.00 bits per heavy atom. The van der Waals surface area contributed by atoms with Crippen molar-refractivity contribution in [3.05, 3.63) is 0 Å². The summed E-state index contributed by atoms with van der Waals surface area (Å²) < 4.78 is 0. The highest BCUT2D eigenvalue weighted by Crippen LogP contribution is 2.29. The highest BCUT2D eigenvalue weighted by atomic mass is 16.4. The molecule has 0 bridgehead atoms. The van der Waals surface area contributed by atoms with E-state index in [2.05, 4.69) is 5.32 Å². The first kappa shape index (κ1) is 14.9. The highest BCUT2D eigenvalue weighted by Gasteiger charge is 2.33. The first-order chi connectivity index (χ1) is 8.47. The quantitative estimate of drug-likeness (QED) is 0.541. The molecule has 1 aliphatic rings. The van der Waals surface area contributed by atoms with E-state index in [4.69, 9.17) is 10.8 Å². The third-order valence-corrected chi connectivity index (χ3v) is 3.59. The van der Waals surface area contributed by atoms with Gasteiger partial charge in [-0.3, -0.25) is 4.79 Å². The van der Waals surface area contributed by atoms with E-state index in [9.17, 15) is 14.7 Å². The molecule has 18 heavy (non-hydrogen) atoms. The lowest BCUT2D eigenvalue weighted by Crippen LogP contribution is -2.51. The number of amides is 1. The Bertz CT molecular complexity index is 306. The van der Waals surface area contributed by atoms with E-state index in [1.165, 1.54) is 6.92 Å². The van der Waals surface area contributed by atoms with Crippen LogP contribution in [0.4, 0.5) is 0 Å². The molecule has 0 spiro atoms. The van der Waals surface area contributed by atoms with E-state index in [0.717, 1.165) is 25.7 Å². The van der Waals surface area contributed by atoms with E-state index in [-0.39, 0.29) is 17.7 Å². The average molecular weight is 258 g/mol. The largest absolute Gasteiger partial charge is 0.480 e. The monoisotopic (exact) mass is 258 g/mol. The third-order valence-electron chi connectivity index (χ3n) is 3.59. The van der Waals surface area contributed by atoms with E-state index < -0.39 is 18.1 Å². The molecule has 6 nitrogen and oxygen atoms in total. The molecular weight excluding hydrogens is 236 g/mol. The van der Waals surface area contributed by atoms with Crippen molar-refractivity contribution in [2.24, 2.45) is 17.6 Å². The minimum atomic E-state index is -1.25. The first-order valence-electron chi connectivity index (χ1n) is 6.38. The lowest BCUT2D eigenvalue weighted by Gasteiger charge is -2.30. The predicted octanol–water partition coefficient (Wildman–Crippen LogP) is -0.298. The minimum Gasteiger partial charge on any atom is -0.480 e. The van der Waals surface area contributed by atoms with Gasteiger partial charge in [-0.2, -0.15) is 0 Å². The fourth-order valence-electron chi connectivity index (χ4n) is 2.48. The molecule has 1 amide bonds. The number of rotatable bonds is 5. The van der Waals surface area contributed by atoms with Gasteiger partial charge in [-0.1, -0.05) is 12.8 Å². The van der Waals surface area contributed by atoms with Gasteiger partial charge in [0.05, 0.1) is 6.10 Å². The number of aliphatic carboxylic acids is 1. The van der Waals surface area contributed by atoms with Gasteiger partial charge in [0, 0.05) is 5.92 Å². The normalized spacial score (nSPS) is 27.3. The number of hydrogen-bond acceptors (Lipinski definition) is 4. The smallest absolute Gasteiger partial charge is 0.328 e.